The van der Waals surface area contributed by atoms with Gasteiger partial charge in [0, 0.05) is 39.0 Å². The molecule has 222 valence electrons. The number of rotatable bonds is 9. The van der Waals surface area contributed by atoms with Crippen LogP contribution in [0.1, 0.15) is 33.1 Å². The molecule has 1 aliphatic rings. The molecule has 0 saturated carbocycles. The van der Waals surface area contributed by atoms with Crippen molar-refractivity contribution >= 4 is 20.0 Å². The number of benzene rings is 2. The molecule has 1 heterocycles. The predicted molar refractivity (Wildman–Crippen MR) is 157 cm³/mol. The maximum Gasteiger partial charge on any atom is 0.243 e. The van der Waals surface area contributed by atoms with Gasteiger partial charge in [-0.1, -0.05) is 20.4 Å². The topological polar surface area (TPSA) is 97.7 Å². The lowest BCUT2D eigenvalue weighted by molar-refractivity contribution is -0.901. The van der Waals surface area contributed by atoms with Crippen LogP contribution in [0.15, 0.2) is 70.5 Å². The van der Waals surface area contributed by atoms with E-state index in [0.29, 0.717) is 48.9 Å². The summed E-state index contributed by atoms with van der Waals surface area (Å²) in [6.45, 7) is 11.8. The maximum absolute atomic E-state index is 13.7. The molecule has 1 N–H and O–H groups in total. The van der Waals surface area contributed by atoms with Crippen LogP contribution in [-0.2, 0) is 20.0 Å². The first-order chi connectivity index (χ1) is 19.0. The van der Waals surface area contributed by atoms with Crippen LogP contribution >= 0.6 is 0 Å². The highest BCUT2D eigenvalue weighted by molar-refractivity contribution is 7.89. The van der Waals surface area contributed by atoms with Gasteiger partial charge in [0.25, 0.3) is 0 Å². The van der Waals surface area contributed by atoms with E-state index in [2.05, 4.69) is 20.4 Å². The van der Waals surface area contributed by atoms with Crippen molar-refractivity contribution in [3.63, 3.8) is 0 Å². The van der Waals surface area contributed by atoms with E-state index < -0.39 is 20.0 Å². The highest BCUT2D eigenvalue weighted by Crippen LogP contribution is 2.23. The summed E-state index contributed by atoms with van der Waals surface area (Å²) in [5.41, 5.74) is 0.513. The lowest BCUT2D eigenvalue weighted by atomic mass is 10.1. The number of hydrogen-bond acceptors (Lipinski definition) is 6. The molecule has 3 rings (SSSR count). The minimum atomic E-state index is -3.84. The molecule has 1 fully saturated rings. The van der Waals surface area contributed by atoms with Crippen LogP contribution in [0, 0.1) is 5.92 Å². The van der Waals surface area contributed by atoms with Gasteiger partial charge in [0.1, 0.15) is 11.5 Å². The van der Waals surface area contributed by atoms with Crippen molar-refractivity contribution in [2.45, 2.75) is 42.9 Å². The van der Waals surface area contributed by atoms with Gasteiger partial charge in [-0.15, -0.1) is 0 Å². The first kappa shape index (κ1) is 32.1. The molecule has 0 atom stereocenters. The Labute approximate surface area is 240 Å². The van der Waals surface area contributed by atoms with E-state index in [1.165, 1.54) is 52.0 Å². The van der Waals surface area contributed by atoms with Crippen LogP contribution in [0.4, 0.5) is 0 Å². The fourth-order valence-corrected chi connectivity index (χ4v) is 7.79. The Morgan fingerprint density at radius 2 is 1.18 bits per heavy atom. The third-order valence-electron chi connectivity index (χ3n) is 7.15. The molecule has 0 aromatic heterocycles. The van der Waals surface area contributed by atoms with Gasteiger partial charge in [-0.2, -0.15) is 8.61 Å². The molecule has 0 aliphatic carbocycles. The minimum Gasteiger partial charge on any atom is -0.497 e. The average molecular weight is 595 g/mol. The van der Waals surface area contributed by atoms with Crippen LogP contribution in [0.3, 0.4) is 0 Å². The molecule has 40 heavy (non-hydrogen) atoms. The van der Waals surface area contributed by atoms with Crippen LogP contribution in [0.2, 0.25) is 0 Å². The number of sulfonamides is 2. The van der Waals surface area contributed by atoms with Crippen LogP contribution in [0.25, 0.3) is 0 Å². The maximum atomic E-state index is 13.7. The molecule has 0 unspecified atom stereocenters. The molecule has 11 heteroatoms. The van der Waals surface area contributed by atoms with E-state index >= 15 is 0 Å². The van der Waals surface area contributed by atoms with E-state index in [1.54, 1.807) is 24.3 Å². The van der Waals surface area contributed by atoms with Crippen molar-refractivity contribution < 1.29 is 31.2 Å². The highest BCUT2D eigenvalue weighted by Gasteiger charge is 2.30. The molecular formula is C29H44N3O6S2+. The monoisotopic (exact) mass is 594 g/mol. The van der Waals surface area contributed by atoms with Gasteiger partial charge in [-0.3, -0.25) is 0 Å². The van der Waals surface area contributed by atoms with E-state index in [9.17, 15) is 16.8 Å². The highest BCUT2D eigenvalue weighted by atomic mass is 32.2. The Morgan fingerprint density at radius 3 is 1.52 bits per heavy atom. The third-order valence-corrected chi connectivity index (χ3v) is 10.9. The van der Waals surface area contributed by atoms with Crippen LogP contribution in [-0.4, -0.2) is 85.5 Å². The summed E-state index contributed by atoms with van der Waals surface area (Å²) < 4.78 is 68.0. The second-order valence-corrected chi connectivity index (χ2v) is 14.5. The number of nitrogens with zero attached hydrogens (tertiary/aromatic N) is 2. The lowest BCUT2D eigenvalue weighted by Gasteiger charge is -2.29. The second-order valence-electron chi connectivity index (χ2n) is 10.7. The summed E-state index contributed by atoms with van der Waals surface area (Å²) >= 11 is 0. The molecule has 0 radical (unpaired) electrons. The molecule has 0 bridgehead atoms. The summed E-state index contributed by atoms with van der Waals surface area (Å²) in [6.07, 6.45) is 2.45. The van der Waals surface area contributed by atoms with E-state index in [0.717, 1.165) is 26.1 Å². The molecule has 0 amide bonds. The van der Waals surface area contributed by atoms with E-state index in [-0.39, 0.29) is 22.9 Å². The second kappa shape index (κ2) is 14.5. The quantitative estimate of drug-likeness (QED) is 0.449. The van der Waals surface area contributed by atoms with Crippen molar-refractivity contribution in [1.82, 2.24) is 8.61 Å². The minimum absolute atomic E-state index is 0.0321. The summed E-state index contributed by atoms with van der Waals surface area (Å²) in [5.74, 6) is 1.69. The SMILES string of the molecule is C=C1CN(S(=O)(=O)c2ccc(OC)cc2)CCC[NH+](CCC(C)C)CCCN(S(=O)(=O)c2ccc(OC)cc2)C1. The van der Waals surface area contributed by atoms with Crippen molar-refractivity contribution in [1.29, 1.82) is 0 Å². The van der Waals surface area contributed by atoms with Gasteiger partial charge in [0.05, 0.1) is 43.6 Å². The van der Waals surface area contributed by atoms with Gasteiger partial charge in [0.2, 0.25) is 20.0 Å². The van der Waals surface area contributed by atoms with Crippen molar-refractivity contribution in [2.75, 3.05) is 60.0 Å². The zero-order valence-electron chi connectivity index (χ0n) is 24.1. The number of nitrogens with one attached hydrogen (secondary N) is 1. The van der Waals surface area contributed by atoms with Crippen LogP contribution in [0.5, 0.6) is 11.5 Å². The molecular weight excluding hydrogens is 550 g/mol. The van der Waals surface area contributed by atoms with Gasteiger partial charge < -0.3 is 14.4 Å². The summed E-state index contributed by atoms with van der Waals surface area (Å²) in [4.78, 5) is 1.69. The Balaban J connectivity index is 1.91. The molecule has 0 spiro atoms. The fraction of sp³-hybridized carbons (Fsp3) is 0.517. The first-order valence-corrected chi connectivity index (χ1v) is 16.6. The summed E-state index contributed by atoms with van der Waals surface area (Å²) in [6, 6.07) is 12.6. The van der Waals surface area contributed by atoms with Crippen molar-refractivity contribution in [3.05, 3.63) is 60.7 Å². The molecule has 2 aromatic carbocycles. The van der Waals surface area contributed by atoms with E-state index in [1.807, 2.05) is 0 Å². The largest absolute Gasteiger partial charge is 0.497 e. The van der Waals surface area contributed by atoms with Crippen LogP contribution < -0.4 is 14.4 Å². The van der Waals surface area contributed by atoms with E-state index in [4.69, 9.17) is 9.47 Å². The average Bonchev–Trinajstić information content (AvgIpc) is 2.93. The zero-order chi connectivity index (χ0) is 29.3. The van der Waals surface area contributed by atoms with Gasteiger partial charge in [-0.05, 0) is 66.4 Å². The Morgan fingerprint density at radius 1 is 0.775 bits per heavy atom. The Hall–Kier alpha value is -2.44. The van der Waals surface area contributed by atoms with Gasteiger partial charge in [0.15, 0.2) is 0 Å². The van der Waals surface area contributed by atoms with Gasteiger partial charge >= 0.3 is 0 Å². The van der Waals surface area contributed by atoms with Gasteiger partial charge in [-0.25, -0.2) is 16.8 Å². The predicted octanol–water partition coefficient (Wildman–Crippen LogP) is 2.67. The van der Waals surface area contributed by atoms with Crippen molar-refractivity contribution in [2.24, 2.45) is 5.92 Å². The first-order valence-electron chi connectivity index (χ1n) is 13.8. The standard InChI is InChI=1S/C29H43N3O6S2/c1-24(2)16-21-30-17-6-19-31(39(33,34)28-12-8-26(37-4)9-13-28)22-25(3)23-32(20-7-18-30)40(35,36)29-14-10-27(38-5)11-15-29/h8-15,24H,3,6-7,16-23H2,1-2,4-5H3/p+1. The third kappa shape index (κ3) is 8.53. The Bertz CT molecular complexity index is 1220. The normalized spacial score (nSPS) is 17.8. The smallest absolute Gasteiger partial charge is 0.243 e. The summed E-state index contributed by atoms with van der Waals surface area (Å²) in [5, 5.41) is 0. The molecule has 9 nitrogen and oxygen atoms in total. The number of hydrogen-bond donors (Lipinski definition) is 1. The van der Waals surface area contributed by atoms with Crippen molar-refractivity contribution in [3.8, 4) is 11.5 Å². The fourth-order valence-electron chi connectivity index (χ4n) is 4.79. The number of quaternary nitrogens is 1. The lowest BCUT2D eigenvalue weighted by Crippen LogP contribution is -3.12. The number of ether oxygens (including phenoxy) is 2. The molecule has 2 aromatic rings. The zero-order valence-corrected chi connectivity index (χ0v) is 25.8. The molecule has 1 aliphatic heterocycles. The summed E-state index contributed by atoms with van der Waals surface area (Å²) in [7, 11) is -4.62. The molecule has 1 saturated heterocycles. The Kier molecular flexibility index (Phi) is 11.6. The number of methoxy groups -OCH3 is 2.